The Morgan fingerprint density at radius 2 is 2.47 bits per heavy atom. The number of hydrogen-bond donors (Lipinski definition) is 1. The summed E-state index contributed by atoms with van der Waals surface area (Å²) in [4.78, 5) is 8.30. The first-order chi connectivity index (χ1) is 8.31. The minimum atomic E-state index is 0.766. The first-order valence-electron chi connectivity index (χ1n) is 6.65. The van der Waals surface area contributed by atoms with Crippen LogP contribution in [0.1, 0.15) is 30.3 Å². The number of aromatic nitrogens is 1. The molecule has 1 unspecified atom stereocenters. The summed E-state index contributed by atoms with van der Waals surface area (Å²) in [6, 6.07) is 0.766. The molecule has 2 heterocycles. The molecule has 4 heteroatoms. The zero-order valence-corrected chi connectivity index (χ0v) is 11.7. The van der Waals surface area contributed by atoms with Crippen LogP contribution in [0.2, 0.25) is 0 Å². The molecule has 0 amide bonds. The molecular weight excluding hydrogens is 230 g/mol. The molecule has 3 nitrogen and oxygen atoms in total. The average Bonchev–Trinajstić information content (AvgIpc) is 2.93. The van der Waals surface area contributed by atoms with E-state index in [0.29, 0.717) is 0 Å². The highest BCUT2D eigenvalue weighted by Crippen LogP contribution is 2.16. The monoisotopic (exact) mass is 253 g/mol. The number of nitrogens with zero attached hydrogens (tertiary/aromatic N) is 2. The lowest BCUT2D eigenvalue weighted by atomic mass is 10.2. The minimum Gasteiger partial charge on any atom is -0.315 e. The van der Waals surface area contributed by atoms with Gasteiger partial charge in [0.25, 0.3) is 0 Å². The third kappa shape index (κ3) is 3.50. The molecule has 1 saturated heterocycles. The lowest BCUT2D eigenvalue weighted by Crippen LogP contribution is -2.38. The maximum absolute atomic E-state index is 4.28. The second-order valence-corrected chi connectivity index (χ2v) is 5.68. The van der Waals surface area contributed by atoms with E-state index < -0.39 is 0 Å². The Morgan fingerprint density at radius 3 is 3.18 bits per heavy atom. The fourth-order valence-corrected chi connectivity index (χ4v) is 3.36. The largest absolute Gasteiger partial charge is 0.315 e. The van der Waals surface area contributed by atoms with Gasteiger partial charge in [0.15, 0.2) is 0 Å². The summed E-state index contributed by atoms with van der Waals surface area (Å²) in [5.74, 6) is 0. The molecule has 17 heavy (non-hydrogen) atoms. The number of aryl methyl sites for hydroxylation is 1. The van der Waals surface area contributed by atoms with Crippen molar-refractivity contribution in [3.8, 4) is 0 Å². The molecule has 2 rings (SSSR count). The van der Waals surface area contributed by atoms with Gasteiger partial charge < -0.3 is 5.32 Å². The standard InChI is InChI=1S/C13H23N3S/c1-3-16-8-4-5-12(16)9-14-7-6-13-11(2)15-10-17-13/h10,12,14H,3-9H2,1-2H3. The number of likely N-dealkylation sites (N-methyl/N-ethyl adjacent to an activating group) is 1. The molecule has 1 aromatic rings. The van der Waals surface area contributed by atoms with Crippen molar-refractivity contribution in [2.75, 3.05) is 26.2 Å². The van der Waals surface area contributed by atoms with E-state index in [1.807, 2.05) is 5.51 Å². The molecule has 1 aliphatic heterocycles. The van der Waals surface area contributed by atoms with Crippen molar-refractivity contribution in [1.29, 1.82) is 0 Å². The van der Waals surface area contributed by atoms with Gasteiger partial charge in [0, 0.05) is 24.0 Å². The summed E-state index contributed by atoms with van der Waals surface area (Å²) in [6.07, 6.45) is 3.85. The average molecular weight is 253 g/mol. The van der Waals surface area contributed by atoms with Crippen LogP contribution < -0.4 is 5.32 Å². The second kappa shape index (κ2) is 6.47. The Morgan fingerprint density at radius 1 is 1.59 bits per heavy atom. The summed E-state index contributed by atoms with van der Waals surface area (Å²) < 4.78 is 0. The van der Waals surface area contributed by atoms with Gasteiger partial charge in [-0.1, -0.05) is 6.92 Å². The van der Waals surface area contributed by atoms with Gasteiger partial charge in [-0.15, -0.1) is 11.3 Å². The van der Waals surface area contributed by atoms with Crippen LogP contribution in [0, 0.1) is 6.92 Å². The van der Waals surface area contributed by atoms with Crippen LogP contribution in [-0.2, 0) is 6.42 Å². The van der Waals surface area contributed by atoms with Gasteiger partial charge >= 0.3 is 0 Å². The number of likely N-dealkylation sites (tertiary alicyclic amines) is 1. The maximum Gasteiger partial charge on any atom is 0.0797 e. The van der Waals surface area contributed by atoms with E-state index in [1.165, 1.54) is 36.5 Å². The lowest BCUT2D eigenvalue weighted by Gasteiger charge is -2.22. The van der Waals surface area contributed by atoms with Gasteiger partial charge in [0.05, 0.1) is 11.2 Å². The first-order valence-corrected chi connectivity index (χ1v) is 7.53. The van der Waals surface area contributed by atoms with Crippen molar-refractivity contribution in [3.05, 3.63) is 16.1 Å². The van der Waals surface area contributed by atoms with Crippen LogP contribution >= 0.6 is 11.3 Å². The molecule has 1 aromatic heterocycles. The van der Waals surface area contributed by atoms with Crippen LogP contribution in [0.4, 0.5) is 0 Å². The summed E-state index contributed by atoms with van der Waals surface area (Å²) in [6.45, 7) is 9.07. The molecule has 0 aliphatic carbocycles. The lowest BCUT2D eigenvalue weighted by molar-refractivity contribution is 0.260. The molecular formula is C13H23N3S. The molecule has 1 aliphatic rings. The Kier molecular flexibility index (Phi) is 4.95. The van der Waals surface area contributed by atoms with Crippen molar-refractivity contribution < 1.29 is 0 Å². The molecule has 0 bridgehead atoms. The van der Waals surface area contributed by atoms with Crippen LogP contribution in [0.25, 0.3) is 0 Å². The SMILES string of the molecule is CCN1CCCC1CNCCc1scnc1C. The summed E-state index contributed by atoms with van der Waals surface area (Å²) in [5.41, 5.74) is 3.15. The maximum atomic E-state index is 4.28. The van der Waals surface area contributed by atoms with E-state index in [2.05, 4.69) is 29.0 Å². The highest BCUT2D eigenvalue weighted by Gasteiger charge is 2.21. The van der Waals surface area contributed by atoms with Crippen molar-refractivity contribution in [2.24, 2.45) is 0 Å². The van der Waals surface area contributed by atoms with E-state index >= 15 is 0 Å². The molecule has 1 N–H and O–H groups in total. The van der Waals surface area contributed by atoms with E-state index in [9.17, 15) is 0 Å². The second-order valence-electron chi connectivity index (χ2n) is 4.74. The van der Waals surface area contributed by atoms with Crippen LogP contribution in [-0.4, -0.2) is 42.1 Å². The first kappa shape index (κ1) is 13.0. The fraction of sp³-hybridized carbons (Fsp3) is 0.769. The Balaban J connectivity index is 1.65. The zero-order chi connectivity index (χ0) is 12.1. The number of rotatable bonds is 6. The molecule has 0 saturated carbocycles. The smallest absolute Gasteiger partial charge is 0.0797 e. The Hall–Kier alpha value is -0.450. The van der Waals surface area contributed by atoms with E-state index in [-0.39, 0.29) is 0 Å². The molecule has 1 atom stereocenters. The van der Waals surface area contributed by atoms with Gasteiger partial charge in [-0.3, -0.25) is 4.90 Å². The zero-order valence-electron chi connectivity index (χ0n) is 10.9. The fourth-order valence-electron chi connectivity index (χ4n) is 2.58. The third-order valence-electron chi connectivity index (χ3n) is 3.66. The normalized spacial score (nSPS) is 21.2. The molecule has 0 radical (unpaired) electrons. The topological polar surface area (TPSA) is 28.2 Å². The highest BCUT2D eigenvalue weighted by atomic mass is 32.1. The number of hydrogen-bond acceptors (Lipinski definition) is 4. The molecule has 1 fully saturated rings. The summed E-state index contributed by atoms with van der Waals surface area (Å²) >= 11 is 1.78. The van der Waals surface area contributed by atoms with Crippen molar-refractivity contribution in [2.45, 2.75) is 39.2 Å². The Bertz CT molecular complexity index is 337. The van der Waals surface area contributed by atoms with Gasteiger partial charge in [-0.2, -0.15) is 0 Å². The van der Waals surface area contributed by atoms with Crippen molar-refractivity contribution >= 4 is 11.3 Å². The van der Waals surface area contributed by atoms with E-state index in [1.54, 1.807) is 11.3 Å². The van der Waals surface area contributed by atoms with Crippen LogP contribution in [0.3, 0.4) is 0 Å². The third-order valence-corrected chi connectivity index (χ3v) is 4.65. The molecule has 0 spiro atoms. The predicted molar refractivity (Wildman–Crippen MR) is 73.7 cm³/mol. The number of thiazole rings is 1. The van der Waals surface area contributed by atoms with Crippen LogP contribution in [0.15, 0.2) is 5.51 Å². The highest BCUT2D eigenvalue weighted by molar-refractivity contribution is 7.09. The predicted octanol–water partition coefficient (Wildman–Crippen LogP) is 2.07. The van der Waals surface area contributed by atoms with Gasteiger partial charge in [-0.25, -0.2) is 4.98 Å². The van der Waals surface area contributed by atoms with Gasteiger partial charge in [-0.05, 0) is 39.3 Å². The molecule has 96 valence electrons. The van der Waals surface area contributed by atoms with Crippen LogP contribution in [0.5, 0.6) is 0 Å². The molecule has 0 aromatic carbocycles. The van der Waals surface area contributed by atoms with Crippen molar-refractivity contribution in [1.82, 2.24) is 15.2 Å². The quantitative estimate of drug-likeness (QED) is 0.787. The van der Waals surface area contributed by atoms with Gasteiger partial charge in [0.2, 0.25) is 0 Å². The summed E-state index contributed by atoms with van der Waals surface area (Å²) in [7, 11) is 0. The van der Waals surface area contributed by atoms with E-state index in [0.717, 1.165) is 25.6 Å². The summed E-state index contributed by atoms with van der Waals surface area (Å²) in [5, 5.41) is 3.59. The van der Waals surface area contributed by atoms with Gasteiger partial charge in [0.1, 0.15) is 0 Å². The van der Waals surface area contributed by atoms with Crippen molar-refractivity contribution in [3.63, 3.8) is 0 Å². The van der Waals surface area contributed by atoms with E-state index in [4.69, 9.17) is 0 Å². The number of nitrogens with one attached hydrogen (secondary N) is 1. The minimum absolute atomic E-state index is 0.766. The Labute approximate surface area is 108 Å².